The van der Waals surface area contributed by atoms with Gasteiger partial charge in [-0.2, -0.15) is 0 Å². The Labute approximate surface area is 128 Å². The lowest BCUT2D eigenvalue weighted by Gasteiger charge is -2.17. The quantitative estimate of drug-likeness (QED) is 0.921. The predicted molar refractivity (Wildman–Crippen MR) is 82.3 cm³/mol. The minimum absolute atomic E-state index is 0.190. The Bertz CT molecular complexity index is 657. The molecule has 1 aliphatic rings. The van der Waals surface area contributed by atoms with Crippen molar-refractivity contribution in [3.63, 3.8) is 0 Å². The van der Waals surface area contributed by atoms with E-state index in [4.69, 9.17) is 14.2 Å². The van der Waals surface area contributed by atoms with Gasteiger partial charge in [0.1, 0.15) is 5.75 Å². The normalized spacial score (nSPS) is 13.5. The SMILES string of the molecule is CCC(Oc1ccccc1)C(=O)Nc1ccc2c(c1)OCO2. The fourth-order valence-electron chi connectivity index (χ4n) is 2.18. The van der Waals surface area contributed by atoms with E-state index in [0.717, 1.165) is 0 Å². The maximum absolute atomic E-state index is 12.3. The molecule has 1 N–H and O–H groups in total. The molecule has 2 aromatic rings. The smallest absolute Gasteiger partial charge is 0.265 e. The van der Waals surface area contributed by atoms with Gasteiger partial charge in [0.25, 0.3) is 5.91 Å². The topological polar surface area (TPSA) is 56.8 Å². The molecule has 2 aromatic carbocycles. The van der Waals surface area contributed by atoms with Gasteiger partial charge in [-0.25, -0.2) is 0 Å². The van der Waals surface area contributed by atoms with Crippen LogP contribution in [0.5, 0.6) is 17.2 Å². The van der Waals surface area contributed by atoms with Crippen molar-refractivity contribution in [2.24, 2.45) is 0 Å². The summed E-state index contributed by atoms with van der Waals surface area (Å²) in [4.78, 5) is 12.3. The molecule has 22 heavy (non-hydrogen) atoms. The van der Waals surface area contributed by atoms with Crippen LogP contribution in [0.3, 0.4) is 0 Å². The second kappa shape index (κ2) is 6.39. The molecule has 5 nitrogen and oxygen atoms in total. The molecule has 3 rings (SSSR count). The second-order valence-corrected chi connectivity index (χ2v) is 4.89. The number of fused-ring (bicyclic) bond motifs is 1. The van der Waals surface area contributed by atoms with E-state index in [9.17, 15) is 4.79 Å². The average molecular weight is 299 g/mol. The minimum Gasteiger partial charge on any atom is -0.481 e. The number of hydrogen-bond acceptors (Lipinski definition) is 4. The van der Waals surface area contributed by atoms with Crippen LogP contribution in [0.25, 0.3) is 0 Å². The molecule has 0 aliphatic carbocycles. The molecule has 0 aromatic heterocycles. The van der Waals surface area contributed by atoms with Gasteiger partial charge in [0, 0.05) is 11.8 Å². The molecule has 0 bridgehead atoms. The first-order valence-corrected chi connectivity index (χ1v) is 7.18. The van der Waals surface area contributed by atoms with E-state index < -0.39 is 6.10 Å². The van der Waals surface area contributed by atoms with Gasteiger partial charge in [0.05, 0.1) is 0 Å². The van der Waals surface area contributed by atoms with Crippen molar-refractivity contribution in [3.05, 3.63) is 48.5 Å². The summed E-state index contributed by atoms with van der Waals surface area (Å²) in [5.74, 6) is 1.81. The first-order chi connectivity index (χ1) is 10.8. The van der Waals surface area contributed by atoms with Gasteiger partial charge in [0.15, 0.2) is 17.6 Å². The molecule has 1 heterocycles. The van der Waals surface area contributed by atoms with Gasteiger partial charge >= 0.3 is 0 Å². The zero-order valence-electron chi connectivity index (χ0n) is 12.2. The van der Waals surface area contributed by atoms with Gasteiger partial charge in [-0.05, 0) is 30.7 Å². The minimum atomic E-state index is -0.548. The van der Waals surface area contributed by atoms with Gasteiger partial charge in [0.2, 0.25) is 6.79 Å². The summed E-state index contributed by atoms with van der Waals surface area (Å²) in [6.45, 7) is 2.12. The largest absolute Gasteiger partial charge is 0.481 e. The maximum atomic E-state index is 12.3. The summed E-state index contributed by atoms with van der Waals surface area (Å²) in [5, 5.41) is 2.84. The Morgan fingerprint density at radius 3 is 2.73 bits per heavy atom. The number of anilines is 1. The van der Waals surface area contributed by atoms with Crippen molar-refractivity contribution in [1.29, 1.82) is 0 Å². The second-order valence-electron chi connectivity index (χ2n) is 4.89. The van der Waals surface area contributed by atoms with E-state index in [-0.39, 0.29) is 12.7 Å². The first-order valence-electron chi connectivity index (χ1n) is 7.18. The Kier molecular flexibility index (Phi) is 4.14. The van der Waals surface area contributed by atoms with Gasteiger partial charge in [-0.15, -0.1) is 0 Å². The fraction of sp³-hybridized carbons (Fsp3) is 0.235. The molecule has 1 amide bonds. The molecule has 114 valence electrons. The van der Waals surface area contributed by atoms with Gasteiger partial charge in [-0.1, -0.05) is 25.1 Å². The third kappa shape index (κ3) is 3.14. The highest BCUT2D eigenvalue weighted by atomic mass is 16.7. The lowest BCUT2D eigenvalue weighted by molar-refractivity contribution is -0.122. The summed E-state index contributed by atoms with van der Waals surface area (Å²) in [6.07, 6.45) is 0.0264. The fourth-order valence-corrected chi connectivity index (χ4v) is 2.18. The zero-order valence-corrected chi connectivity index (χ0v) is 12.2. The van der Waals surface area contributed by atoms with E-state index in [1.54, 1.807) is 18.2 Å². The summed E-state index contributed by atoms with van der Waals surface area (Å²) in [5.41, 5.74) is 0.657. The van der Waals surface area contributed by atoms with Crippen LogP contribution in [0, 0.1) is 0 Å². The van der Waals surface area contributed by atoms with Crippen LogP contribution in [0.1, 0.15) is 13.3 Å². The molecule has 0 radical (unpaired) electrons. The van der Waals surface area contributed by atoms with Crippen molar-refractivity contribution in [2.75, 3.05) is 12.1 Å². The number of hydrogen-bond donors (Lipinski definition) is 1. The highest BCUT2D eigenvalue weighted by Crippen LogP contribution is 2.34. The molecule has 0 spiro atoms. The number of para-hydroxylation sites is 1. The van der Waals surface area contributed by atoms with E-state index in [2.05, 4.69) is 5.32 Å². The Balaban J connectivity index is 1.67. The van der Waals surface area contributed by atoms with Crippen LogP contribution in [0.2, 0.25) is 0 Å². The lowest BCUT2D eigenvalue weighted by atomic mass is 10.2. The number of carbonyl (C=O) groups excluding carboxylic acids is 1. The van der Waals surface area contributed by atoms with Crippen molar-refractivity contribution >= 4 is 11.6 Å². The molecule has 5 heteroatoms. The molecular weight excluding hydrogens is 282 g/mol. The third-order valence-electron chi connectivity index (χ3n) is 3.32. The van der Waals surface area contributed by atoms with Crippen LogP contribution in [-0.2, 0) is 4.79 Å². The van der Waals surface area contributed by atoms with E-state index in [1.807, 2.05) is 37.3 Å². The third-order valence-corrected chi connectivity index (χ3v) is 3.32. The van der Waals surface area contributed by atoms with Crippen molar-refractivity contribution in [1.82, 2.24) is 0 Å². The number of nitrogens with one attached hydrogen (secondary N) is 1. The van der Waals surface area contributed by atoms with Crippen molar-refractivity contribution in [2.45, 2.75) is 19.4 Å². The lowest BCUT2D eigenvalue weighted by Crippen LogP contribution is -2.32. The molecular formula is C17H17NO4. The number of rotatable bonds is 5. The Hall–Kier alpha value is -2.69. The van der Waals surface area contributed by atoms with E-state index in [1.165, 1.54) is 0 Å². The predicted octanol–water partition coefficient (Wildman–Crippen LogP) is 3.21. The number of amides is 1. The maximum Gasteiger partial charge on any atom is 0.265 e. The summed E-state index contributed by atoms with van der Waals surface area (Å²) in [7, 11) is 0. The van der Waals surface area contributed by atoms with Crippen LogP contribution >= 0.6 is 0 Å². The number of carbonyl (C=O) groups is 1. The summed E-state index contributed by atoms with van der Waals surface area (Å²) >= 11 is 0. The standard InChI is InChI=1S/C17H17NO4/c1-2-14(22-13-6-4-3-5-7-13)17(19)18-12-8-9-15-16(10-12)21-11-20-15/h3-10,14H,2,11H2,1H3,(H,18,19). The van der Waals surface area contributed by atoms with Crippen LogP contribution in [0.15, 0.2) is 48.5 Å². The van der Waals surface area contributed by atoms with Crippen molar-refractivity contribution in [3.8, 4) is 17.2 Å². The van der Waals surface area contributed by atoms with Crippen LogP contribution < -0.4 is 19.5 Å². The first kappa shape index (κ1) is 14.3. The van der Waals surface area contributed by atoms with Gasteiger partial charge < -0.3 is 19.5 Å². The molecule has 0 fully saturated rings. The average Bonchev–Trinajstić information content (AvgIpc) is 3.01. The van der Waals surface area contributed by atoms with E-state index >= 15 is 0 Å². The number of benzene rings is 2. The summed E-state index contributed by atoms with van der Waals surface area (Å²) < 4.78 is 16.3. The van der Waals surface area contributed by atoms with Gasteiger partial charge in [-0.3, -0.25) is 4.79 Å². The number of ether oxygens (including phenoxy) is 3. The highest BCUT2D eigenvalue weighted by molar-refractivity contribution is 5.94. The molecule has 1 atom stereocenters. The molecule has 0 saturated heterocycles. The van der Waals surface area contributed by atoms with E-state index in [0.29, 0.717) is 29.4 Å². The van der Waals surface area contributed by atoms with Crippen LogP contribution in [0.4, 0.5) is 5.69 Å². The van der Waals surface area contributed by atoms with Crippen molar-refractivity contribution < 1.29 is 19.0 Å². The summed E-state index contributed by atoms with van der Waals surface area (Å²) in [6, 6.07) is 14.6. The van der Waals surface area contributed by atoms with Crippen LogP contribution in [-0.4, -0.2) is 18.8 Å². The molecule has 1 aliphatic heterocycles. The zero-order chi connectivity index (χ0) is 15.4. The Morgan fingerprint density at radius 1 is 1.18 bits per heavy atom. The molecule has 0 saturated carbocycles. The highest BCUT2D eigenvalue weighted by Gasteiger charge is 2.20. The monoisotopic (exact) mass is 299 g/mol. The Morgan fingerprint density at radius 2 is 1.95 bits per heavy atom. The molecule has 1 unspecified atom stereocenters.